The summed E-state index contributed by atoms with van der Waals surface area (Å²) in [5.41, 5.74) is 0.509. The van der Waals surface area contributed by atoms with Crippen LogP contribution in [0, 0.1) is 5.92 Å². The minimum Gasteiger partial charge on any atom is -0.350 e. The van der Waals surface area contributed by atoms with Gasteiger partial charge in [0.15, 0.2) is 0 Å². The van der Waals surface area contributed by atoms with Crippen molar-refractivity contribution in [2.24, 2.45) is 5.92 Å². The first-order chi connectivity index (χ1) is 8.83. The topological polar surface area (TPSA) is 45.2 Å². The molecule has 2 fully saturated rings. The van der Waals surface area contributed by atoms with Gasteiger partial charge in [-0.05, 0) is 43.9 Å². The molecule has 18 heavy (non-hydrogen) atoms. The Morgan fingerprint density at radius 2 is 2.28 bits per heavy atom. The van der Waals surface area contributed by atoms with Gasteiger partial charge >= 0.3 is 0 Å². The van der Waals surface area contributed by atoms with Gasteiger partial charge in [0.1, 0.15) is 5.69 Å². The van der Waals surface area contributed by atoms with Crippen LogP contribution >= 0.6 is 0 Å². The van der Waals surface area contributed by atoms with Gasteiger partial charge in [0.05, 0.1) is 0 Å². The highest BCUT2D eigenvalue weighted by molar-refractivity contribution is 5.92. The number of aromatic nitrogens is 1. The lowest BCUT2D eigenvalue weighted by atomic mass is 10.1. The Morgan fingerprint density at radius 3 is 3.00 bits per heavy atom. The van der Waals surface area contributed by atoms with Crippen LogP contribution in [-0.2, 0) is 0 Å². The van der Waals surface area contributed by atoms with E-state index in [1.165, 1.54) is 25.8 Å². The molecule has 0 radical (unpaired) electrons. The summed E-state index contributed by atoms with van der Waals surface area (Å²) in [6, 6.07) is 6.26. The second-order valence-corrected chi connectivity index (χ2v) is 5.31. The standard InChI is InChI=1S/C14H19N3O/c18-14(13-3-1-2-7-15-13)16-9-11-6-8-17(10-11)12-4-5-12/h1-3,7,11-12H,4-6,8-10H2,(H,16,18)/t11-/m1/s1. The fourth-order valence-electron chi connectivity index (χ4n) is 2.63. The van der Waals surface area contributed by atoms with Crippen molar-refractivity contribution in [3.05, 3.63) is 30.1 Å². The first kappa shape index (κ1) is 11.7. The molecular weight excluding hydrogens is 226 g/mol. The van der Waals surface area contributed by atoms with Crippen LogP contribution in [0.15, 0.2) is 24.4 Å². The molecule has 0 unspecified atom stereocenters. The van der Waals surface area contributed by atoms with E-state index in [0.29, 0.717) is 11.6 Å². The molecule has 0 bridgehead atoms. The number of rotatable bonds is 4. The monoisotopic (exact) mass is 245 g/mol. The van der Waals surface area contributed by atoms with Crippen LogP contribution in [0.25, 0.3) is 0 Å². The molecule has 4 nitrogen and oxygen atoms in total. The Bertz CT molecular complexity index is 416. The molecule has 1 aliphatic heterocycles. The van der Waals surface area contributed by atoms with E-state index < -0.39 is 0 Å². The fourth-order valence-corrected chi connectivity index (χ4v) is 2.63. The average Bonchev–Trinajstić information content (AvgIpc) is 3.16. The van der Waals surface area contributed by atoms with Crippen LogP contribution in [0.5, 0.6) is 0 Å². The van der Waals surface area contributed by atoms with Gasteiger partial charge in [0, 0.05) is 25.3 Å². The van der Waals surface area contributed by atoms with Crippen LogP contribution in [0.1, 0.15) is 29.8 Å². The molecule has 3 rings (SSSR count). The Kier molecular flexibility index (Phi) is 3.28. The number of carbonyl (C=O) groups is 1. The maximum Gasteiger partial charge on any atom is 0.269 e. The molecule has 96 valence electrons. The highest BCUT2D eigenvalue weighted by Gasteiger charge is 2.34. The van der Waals surface area contributed by atoms with Crippen LogP contribution in [0.3, 0.4) is 0 Å². The summed E-state index contributed by atoms with van der Waals surface area (Å²) in [6.45, 7) is 3.13. The molecular formula is C14H19N3O. The summed E-state index contributed by atoms with van der Waals surface area (Å²) in [5.74, 6) is 0.554. The summed E-state index contributed by atoms with van der Waals surface area (Å²) in [4.78, 5) is 18.5. The van der Waals surface area contributed by atoms with E-state index in [9.17, 15) is 4.79 Å². The van der Waals surface area contributed by atoms with E-state index in [1.54, 1.807) is 12.3 Å². The lowest BCUT2D eigenvalue weighted by Gasteiger charge is -2.15. The van der Waals surface area contributed by atoms with E-state index in [4.69, 9.17) is 0 Å². The van der Waals surface area contributed by atoms with Crippen LogP contribution in [-0.4, -0.2) is 41.5 Å². The van der Waals surface area contributed by atoms with Crippen molar-refractivity contribution in [1.82, 2.24) is 15.2 Å². The lowest BCUT2D eigenvalue weighted by molar-refractivity contribution is 0.0942. The first-order valence-corrected chi connectivity index (χ1v) is 6.76. The van der Waals surface area contributed by atoms with Gasteiger partial charge in [-0.1, -0.05) is 6.07 Å². The molecule has 1 saturated carbocycles. The second kappa shape index (κ2) is 5.06. The number of hydrogen-bond donors (Lipinski definition) is 1. The van der Waals surface area contributed by atoms with E-state index in [2.05, 4.69) is 15.2 Å². The van der Waals surface area contributed by atoms with Crippen molar-refractivity contribution in [2.75, 3.05) is 19.6 Å². The van der Waals surface area contributed by atoms with Gasteiger partial charge in [0.2, 0.25) is 0 Å². The Balaban J connectivity index is 1.45. The van der Waals surface area contributed by atoms with Crippen LogP contribution in [0.2, 0.25) is 0 Å². The normalized spacial score (nSPS) is 24.1. The molecule has 1 amide bonds. The molecule has 1 aliphatic carbocycles. The largest absolute Gasteiger partial charge is 0.350 e. The molecule has 1 aromatic rings. The minimum atomic E-state index is -0.0551. The number of hydrogen-bond acceptors (Lipinski definition) is 3. The number of likely N-dealkylation sites (tertiary alicyclic amines) is 1. The highest BCUT2D eigenvalue weighted by Crippen LogP contribution is 2.31. The van der Waals surface area contributed by atoms with E-state index in [1.807, 2.05) is 12.1 Å². The van der Waals surface area contributed by atoms with Gasteiger partial charge in [-0.2, -0.15) is 0 Å². The smallest absolute Gasteiger partial charge is 0.269 e. The molecule has 4 heteroatoms. The number of carbonyl (C=O) groups excluding carboxylic acids is 1. The SMILES string of the molecule is O=C(NC[C@H]1CCN(C2CC2)C1)c1ccccn1. The molecule has 0 spiro atoms. The van der Waals surface area contributed by atoms with Crippen molar-refractivity contribution in [2.45, 2.75) is 25.3 Å². The molecule has 2 heterocycles. The van der Waals surface area contributed by atoms with Crippen molar-refractivity contribution >= 4 is 5.91 Å². The molecule has 2 aliphatic rings. The van der Waals surface area contributed by atoms with Gasteiger partial charge in [0.25, 0.3) is 5.91 Å². The Morgan fingerprint density at radius 1 is 1.39 bits per heavy atom. The number of pyridine rings is 1. The predicted octanol–water partition coefficient (Wildman–Crippen LogP) is 1.30. The van der Waals surface area contributed by atoms with Crippen molar-refractivity contribution in [1.29, 1.82) is 0 Å². The van der Waals surface area contributed by atoms with E-state index >= 15 is 0 Å². The summed E-state index contributed by atoms with van der Waals surface area (Å²) in [6.07, 6.45) is 5.60. The summed E-state index contributed by atoms with van der Waals surface area (Å²) >= 11 is 0. The van der Waals surface area contributed by atoms with Crippen LogP contribution < -0.4 is 5.32 Å². The van der Waals surface area contributed by atoms with Crippen LogP contribution in [0.4, 0.5) is 0 Å². The van der Waals surface area contributed by atoms with Crippen molar-refractivity contribution in [3.8, 4) is 0 Å². The molecule has 0 aromatic carbocycles. The zero-order valence-corrected chi connectivity index (χ0v) is 10.5. The van der Waals surface area contributed by atoms with Gasteiger partial charge < -0.3 is 10.2 Å². The van der Waals surface area contributed by atoms with E-state index in [-0.39, 0.29) is 5.91 Å². The van der Waals surface area contributed by atoms with Gasteiger partial charge in [-0.3, -0.25) is 9.78 Å². The maximum absolute atomic E-state index is 11.8. The third-order valence-corrected chi connectivity index (χ3v) is 3.83. The zero-order chi connectivity index (χ0) is 12.4. The molecule has 1 aromatic heterocycles. The third-order valence-electron chi connectivity index (χ3n) is 3.83. The summed E-state index contributed by atoms with van der Waals surface area (Å²) in [5, 5.41) is 2.99. The number of nitrogens with one attached hydrogen (secondary N) is 1. The Hall–Kier alpha value is -1.42. The number of amides is 1. The lowest BCUT2D eigenvalue weighted by Crippen LogP contribution is -2.31. The minimum absolute atomic E-state index is 0.0551. The summed E-state index contributed by atoms with van der Waals surface area (Å²) in [7, 11) is 0. The molecule has 1 atom stereocenters. The zero-order valence-electron chi connectivity index (χ0n) is 10.5. The summed E-state index contributed by atoms with van der Waals surface area (Å²) < 4.78 is 0. The van der Waals surface area contributed by atoms with Crippen molar-refractivity contribution < 1.29 is 4.79 Å². The third kappa shape index (κ3) is 2.70. The highest BCUT2D eigenvalue weighted by atomic mass is 16.1. The van der Waals surface area contributed by atoms with Gasteiger partial charge in [-0.15, -0.1) is 0 Å². The van der Waals surface area contributed by atoms with E-state index in [0.717, 1.165) is 19.1 Å². The number of nitrogens with zero attached hydrogens (tertiary/aromatic N) is 2. The average molecular weight is 245 g/mol. The fraction of sp³-hybridized carbons (Fsp3) is 0.571. The van der Waals surface area contributed by atoms with Gasteiger partial charge in [-0.25, -0.2) is 0 Å². The maximum atomic E-state index is 11.8. The Labute approximate surface area is 107 Å². The predicted molar refractivity (Wildman–Crippen MR) is 69.3 cm³/mol. The molecule has 1 N–H and O–H groups in total. The quantitative estimate of drug-likeness (QED) is 0.869. The van der Waals surface area contributed by atoms with Crippen molar-refractivity contribution in [3.63, 3.8) is 0 Å². The second-order valence-electron chi connectivity index (χ2n) is 5.31. The first-order valence-electron chi connectivity index (χ1n) is 6.76. The molecule has 1 saturated heterocycles.